The summed E-state index contributed by atoms with van der Waals surface area (Å²) in [6.45, 7) is 4.08. The smallest absolute Gasteiger partial charge is 0.190 e. The van der Waals surface area contributed by atoms with Crippen LogP contribution in [-0.4, -0.2) is 31.1 Å². The molecule has 1 aliphatic carbocycles. The van der Waals surface area contributed by atoms with Crippen molar-refractivity contribution < 1.29 is 0 Å². The molecule has 0 spiro atoms. The highest BCUT2D eigenvalue weighted by Crippen LogP contribution is 2.27. The molecule has 0 aliphatic heterocycles. The first-order chi connectivity index (χ1) is 8.81. The number of aryl methyl sites for hydroxylation is 1. The number of halogens is 1. The van der Waals surface area contributed by atoms with Crippen molar-refractivity contribution in [3.8, 4) is 0 Å². The molecule has 2 rings (SSSR count). The van der Waals surface area contributed by atoms with E-state index in [9.17, 15) is 0 Å². The van der Waals surface area contributed by atoms with Crippen LogP contribution in [0, 0.1) is 5.92 Å². The molecule has 0 radical (unpaired) electrons. The first kappa shape index (κ1) is 16.7. The monoisotopic (exact) mass is 394 g/mol. The molecule has 0 bridgehead atoms. The lowest BCUT2D eigenvalue weighted by atomic mass is 10.3. The predicted molar refractivity (Wildman–Crippen MR) is 92.7 cm³/mol. The number of aromatic nitrogens is 1. The minimum atomic E-state index is 0. The van der Waals surface area contributed by atoms with Gasteiger partial charge in [0.25, 0.3) is 0 Å². The molecule has 108 valence electrons. The number of guanidine groups is 1. The third kappa shape index (κ3) is 6.07. The van der Waals surface area contributed by atoms with Crippen molar-refractivity contribution >= 4 is 41.3 Å². The first-order valence-electron chi connectivity index (χ1n) is 6.69. The lowest BCUT2D eigenvalue weighted by molar-refractivity contribution is 0.732. The standard InChI is InChI=1S/C13H22N4S.HI/c1-3-12-17-11(9-18-12)6-7-15-13(14-2)16-8-10-4-5-10;/h9-10H,3-8H2,1-2H3,(H2,14,15,16);1H. The molecule has 0 aromatic carbocycles. The molecular formula is C13H23IN4S. The van der Waals surface area contributed by atoms with E-state index in [1.165, 1.54) is 23.5 Å². The maximum Gasteiger partial charge on any atom is 0.190 e. The van der Waals surface area contributed by atoms with E-state index in [2.05, 4.69) is 32.9 Å². The van der Waals surface area contributed by atoms with Gasteiger partial charge in [-0.3, -0.25) is 4.99 Å². The van der Waals surface area contributed by atoms with Gasteiger partial charge in [-0.05, 0) is 25.2 Å². The van der Waals surface area contributed by atoms with Crippen LogP contribution in [0.4, 0.5) is 0 Å². The summed E-state index contributed by atoms with van der Waals surface area (Å²) in [6, 6.07) is 0. The van der Waals surface area contributed by atoms with E-state index in [1.807, 2.05) is 7.05 Å². The van der Waals surface area contributed by atoms with Gasteiger partial charge in [0.05, 0.1) is 10.7 Å². The minimum absolute atomic E-state index is 0. The van der Waals surface area contributed by atoms with Gasteiger partial charge in [-0.15, -0.1) is 35.3 Å². The van der Waals surface area contributed by atoms with Crippen LogP contribution in [-0.2, 0) is 12.8 Å². The largest absolute Gasteiger partial charge is 0.356 e. The lowest BCUT2D eigenvalue weighted by Crippen LogP contribution is -2.39. The Morgan fingerprint density at radius 1 is 1.47 bits per heavy atom. The number of nitrogens with one attached hydrogen (secondary N) is 2. The summed E-state index contributed by atoms with van der Waals surface area (Å²) in [6.07, 6.45) is 4.72. The quantitative estimate of drug-likeness (QED) is 0.443. The number of thiazole rings is 1. The predicted octanol–water partition coefficient (Wildman–Crippen LogP) is 2.44. The van der Waals surface area contributed by atoms with Crippen LogP contribution in [0.1, 0.15) is 30.5 Å². The van der Waals surface area contributed by atoms with E-state index in [0.717, 1.165) is 37.8 Å². The highest BCUT2D eigenvalue weighted by Gasteiger charge is 2.20. The van der Waals surface area contributed by atoms with Crippen molar-refractivity contribution in [3.63, 3.8) is 0 Å². The topological polar surface area (TPSA) is 49.3 Å². The number of hydrogen-bond donors (Lipinski definition) is 2. The van der Waals surface area contributed by atoms with Crippen molar-refractivity contribution in [2.75, 3.05) is 20.1 Å². The van der Waals surface area contributed by atoms with Crippen LogP contribution in [0.3, 0.4) is 0 Å². The van der Waals surface area contributed by atoms with Crippen LogP contribution in [0.2, 0.25) is 0 Å². The van der Waals surface area contributed by atoms with Crippen LogP contribution >= 0.6 is 35.3 Å². The Morgan fingerprint density at radius 3 is 2.84 bits per heavy atom. The Balaban J connectivity index is 0.00000180. The molecule has 1 aromatic heterocycles. The van der Waals surface area contributed by atoms with Gasteiger partial charge >= 0.3 is 0 Å². The highest BCUT2D eigenvalue weighted by molar-refractivity contribution is 14.0. The van der Waals surface area contributed by atoms with Gasteiger partial charge in [-0.1, -0.05) is 6.92 Å². The fourth-order valence-corrected chi connectivity index (χ4v) is 2.50. The summed E-state index contributed by atoms with van der Waals surface area (Å²) in [5.74, 6) is 1.78. The Morgan fingerprint density at radius 2 is 2.26 bits per heavy atom. The second kappa shape index (κ2) is 8.73. The second-order valence-electron chi connectivity index (χ2n) is 4.66. The van der Waals surface area contributed by atoms with Gasteiger partial charge < -0.3 is 10.6 Å². The fraction of sp³-hybridized carbons (Fsp3) is 0.692. The Labute approximate surface area is 136 Å². The average Bonchev–Trinajstić information content (AvgIpc) is 3.11. The van der Waals surface area contributed by atoms with Crippen molar-refractivity contribution in [1.29, 1.82) is 0 Å². The second-order valence-corrected chi connectivity index (χ2v) is 5.60. The summed E-state index contributed by atoms with van der Waals surface area (Å²) in [5.41, 5.74) is 1.18. The SMILES string of the molecule is CCc1nc(CCNC(=NC)NCC2CC2)cs1.I. The molecule has 0 saturated heterocycles. The van der Waals surface area contributed by atoms with E-state index in [1.54, 1.807) is 11.3 Å². The summed E-state index contributed by atoms with van der Waals surface area (Å²) >= 11 is 1.75. The summed E-state index contributed by atoms with van der Waals surface area (Å²) in [5, 5.41) is 10.1. The van der Waals surface area contributed by atoms with E-state index >= 15 is 0 Å². The van der Waals surface area contributed by atoms with Gasteiger partial charge in [0.2, 0.25) is 0 Å². The Bertz CT molecular complexity index is 401. The van der Waals surface area contributed by atoms with Gasteiger partial charge in [0, 0.05) is 31.9 Å². The molecule has 0 atom stereocenters. The Kier molecular flexibility index (Phi) is 7.67. The van der Waals surface area contributed by atoms with Crippen LogP contribution < -0.4 is 10.6 Å². The van der Waals surface area contributed by atoms with Crippen LogP contribution in [0.15, 0.2) is 10.4 Å². The molecular weight excluding hydrogens is 371 g/mol. The zero-order valence-corrected chi connectivity index (χ0v) is 14.8. The van der Waals surface area contributed by atoms with Gasteiger partial charge in [-0.2, -0.15) is 0 Å². The lowest BCUT2D eigenvalue weighted by Gasteiger charge is -2.10. The molecule has 0 unspecified atom stereocenters. The summed E-state index contributed by atoms with van der Waals surface area (Å²) < 4.78 is 0. The highest BCUT2D eigenvalue weighted by atomic mass is 127. The van der Waals surface area contributed by atoms with E-state index in [0.29, 0.717) is 0 Å². The third-order valence-corrected chi connectivity index (χ3v) is 4.10. The maximum atomic E-state index is 4.55. The van der Waals surface area contributed by atoms with E-state index < -0.39 is 0 Å². The van der Waals surface area contributed by atoms with Crippen LogP contribution in [0.5, 0.6) is 0 Å². The van der Waals surface area contributed by atoms with E-state index in [4.69, 9.17) is 0 Å². The van der Waals surface area contributed by atoms with Gasteiger partial charge in [0.1, 0.15) is 0 Å². The number of nitrogens with zero attached hydrogens (tertiary/aromatic N) is 2. The molecule has 1 aliphatic rings. The number of rotatable bonds is 6. The summed E-state index contributed by atoms with van der Waals surface area (Å²) in [7, 11) is 1.82. The molecule has 1 saturated carbocycles. The molecule has 19 heavy (non-hydrogen) atoms. The van der Waals surface area contributed by atoms with E-state index in [-0.39, 0.29) is 24.0 Å². The number of hydrogen-bond acceptors (Lipinski definition) is 3. The van der Waals surface area contributed by atoms with Crippen molar-refractivity contribution in [3.05, 3.63) is 16.1 Å². The van der Waals surface area contributed by atoms with Crippen molar-refractivity contribution in [2.45, 2.75) is 32.6 Å². The number of aliphatic imine (C=N–C) groups is 1. The molecule has 1 heterocycles. The summed E-state index contributed by atoms with van der Waals surface area (Å²) in [4.78, 5) is 8.77. The average molecular weight is 394 g/mol. The molecule has 1 aromatic rings. The molecule has 6 heteroatoms. The minimum Gasteiger partial charge on any atom is -0.356 e. The third-order valence-electron chi connectivity index (χ3n) is 3.05. The molecule has 1 fully saturated rings. The zero-order valence-electron chi connectivity index (χ0n) is 11.6. The Hall–Kier alpha value is -0.370. The normalized spacial score (nSPS) is 14.9. The maximum absolute atomic E-state index is 4.55. The fourth-order valence-electron chi connectivity index (χ4n) is 1.72. The van der Waals surface area contributed by atoms with Crippen molar-refractivity contribution in [1.82, 2.24) is 15.6 Å². The van der Waals surface area contributed by atoms with Gasteiger partial charge in [0.15, 0.2) is 5.96 Å². The van der Waals surface area contributed by atoms with Crippen molar-refractivity contribution in [2.24, 2.45) is 10.9 Å². The molecule has 4 nitrogen and oxygen atoms in total. The zero-order chi connectivity index (χ0) is 12.8. The molecule has 2 N–H and O–H groups in total. The first-order valence-corrected chi connectivity index (χ1v) is 7.57. The van der Waals surface area contributed by atoms with Crippen LogP contribution in [0.25, 0.3) is 0 Å². The molecule has 0 amide bonds. The van der Waals surface area contributed by atoms with Gasteiger partial charge in [-0.25, -0.2) is 4.98 Å².